The number of nitrogens with one attached hydrogen (secondary N) is 3. The summed E-state index contributed by atoms with van der Waals surface area (Å²) in [6, 6.07) is 6.14. The van der Waals surface area contributed by atoms with Crippen molar-refractivity contribution in [2.24, 2.45) is 0 Å². The van der Waals surface area contributed by atoms with E-state index in [1.54, 1.807) is 18.2 Å². The number of anilines is 1. The van der Waals surface area contributed by atoms with Crippen LogP contribution in [0.25, 0.3) is 0 Å². The van der Waals surface area contributed by atoms with Gasteiger partial charge in [0.05, 0.1) is 10.6 Å². The summed E-state index contributed by atoms with van der Waals surface area (Å²) in [4.78, 5) is 15.7. The summed E-state index contributed by atoms with van der Waals surface area (Å²) < 4.78 is 44.9. The summed E-state index contributed by atoms with van der Waals surface area (Å²) in [6.07, 6.45) is -0.493. The van der Waals surface area contributed by atoms with Gasteiger partial charge in [-0.1, -0.05) is 17.7 Å². The van der Waals surface area contributed by atoms with Crippen LogP contribution in [0, 0.1) is 0 Å². The highest BCUT2D eigenvalue weighted by Gasteiger charge is 2.33. The quantitative estimate of drug-likeness (QED) is 0.444. The van der Waals surface area contributed by atoms with Gasteiger partial charge in [0.25, 0.3) is 5.91 Å². The second-order valence-electron chi connectivity index (χ2n) is 7.28. The first-order chi connectivity index (χ1) is 15.6. The molecular formula is C22H22ClF3N4O3. The highest BCUT2D eigenvalue weighted by Crippen LogP contribution is 2.36. The number of rotatable bonds is 7. The van der Waals surface area contributed by atoms with Crippen LogP contribution in [0.15, 0.2) is 60.0 Å². The number of hydrogen-bond acceptors (Lipinski definition) is 6. The smallest absolute Gasteiger partial charge is 0.417 e. The number of carbonyl (C=O) groups is 1. The molecule has 0 spiro atoms. The van der Waals surface area contributed by atoms with Gasteiger partial charge in [-0.2, -0.15) is 13.2 Å². The van der Waals surface area contributed by atoms with Gasteiger partial charge in [0.2, 0.25) is 0 Å². The van der Waals surface area contributed by atoms with Crippen molar-refractivity contribution in [3.05, 3.63) is 76.3 Å². The Hall–Kier alpha value is -3.08. The van der Waals surface area contributed by atoms with Crippen molar-refractivity contribution >= 4 is 23.2 Å². The van der Waals surface area contributed by atoms with Crippen molar-refractivity contribution in [3.8, 4) is 5.75 Å². The molecule has 3 rings (SSSR count). The lowest BCUT2D eigenvalue weighted by molar-refractivity contribution is -0.137. The number of ether oxygens (including phenoxy) is 1. The molecule has 7 nitrogen and oxygen atoms in total. The summed E-state index contributed by atoms with van der Waals surface area (Å²) in [6.45, 7) is 1.85. The van der Waals surface area contributed by atoms with Crippen molar-refractivity contribution < 1.29 is 27.8 Å². The van der Waals surface area contributed by atoms with E-state index in [1.807, 2.05) is 6.92 Å². The Balaban J connectivity index is 1.60. The molecule has 1 aliphatic carbocycles. The molecule has 2 atom stereocenters. The first-order valence-corrected chi connectivity index (χ1v) is 10.3. The Labute approximate surface area is 193 Å². The summed E-state index contributed by atoms with van der Waals surface area (Å²) in [5.41, 5.74) is 0.159. The molecule has 2 unspecified atom stereocenters. The molecule has 176 valence electrons. The topological polar surface area (TPSA) is 95.5 Å². The van der Waals surface area contributed by atoms with Gasteiger partial charge in [-0.15, -0.1) is 0 Å². The minimum Gasteiger partial charge on any atom is -0.457 e. The van der Waals surface area contributed by atoms with Crippen LogP contribution in [0.4, 0.5) is 18.9 Å². The molecule has 1 aliphatic rings. The molecule has 4 N–H and O–H groups in total. The van der Waals surface area contributed by atoms with Gasteiger partial charge in [0, 0.05) is 31.0 Å². The molecule has 0 saturated carbocycles. The predicted octanol–water partition coefficient (Wildman–Crippen LogP) is 4.07. The molecule has 33 heavy (non-hydrogen) atoms. The SMILES string of the molecule is CNC(=O)c1cc(OC2=C(C)CC(NC(O)Nc3ccc(Cl)c(C(F)(F)F)c3)C=C2)ccn1. The number of halogens is 4. The van der Waals surface area contributed by atoms with Crippen molar-refractivity contribution in [1.82, 2.24) is 15.6 Å². The average molecular weight is 483 g/mol. The van der Waals surface area contributed by atoms with Gasteiger partial charge < -0.3 is 20.5 Å². The minimum absolute atomic E-state index is 0.0624. The van der Waals surface area contributed by atoms with Gasteiger partial charge in [-0.25, -0.2) is 0 Å². The molecule has 1 amide bonds. The van der Waals surface area contributed by atoms with Gasteiger partial charge in [0.15, 0.2) is 6.35 Å². The molecule has 0 saturated heterocycles. The lowest BCUT2D eigenvalue weighted by atomic mass is 10.0. The molecule has 0 aliphatic heterocycles. The number of hydrogen-bond donors (Lipinski definition) is 4. The van der Waals surface area contributed by atoms with Crippen LogP contribution in [0.1, 0.15) is 29.4 Å². The standard InChI is InChI=1S/C22H22ClF3N4O3/c1-12-9-13(4-6-19(12)33-15-7-8-28-18(11-15)20(31)27-2)29-21(32)30-14-3-5-17(23)16(10-14)22(24,25)26/h3-8,10-11,13,21,29-30,32H,9H2,1-2H3,(H,27,31). The van der Waals surface area contributed by atoms with E-state index >= 15 is 0 Å². The highest BCUT2D eigenvalue weighted by molar-refractivity contribution is 6.31. The maximum atomic E-state index is 13.0. The number of allylic oxidation sites excluding steroid dienone is 1. The van der Waals surface area contributed by atoms with E-state index in [0.717, 1.165) is 17.7 Å². The second-order valence-corrected chi connectivity index (χ2v) is 7.69. The monoisotopic (exact) mass is 482 g/mol. The number of amides is 1. The molecule has 0 radical (unpaired) electrons. The third-order valence-electron chi connectivity index (χ3n) is 4.79. The van der Waals surface area contributed by atoms with E-state index in [9.17, 15) is 23.1 Å². The second kappa shape index (κ2) is 10.2. The fourth-order valence-corrected chi connectivity index (χ4v) is 3.39. The molecule has 0 fully saturated rings. The molecule has 0 bridgehead atoms. The maximum Gasteiger partial charge on any atom is 0.417 e. The number of carbonyl (C=O) groups excluding carboxylic acids is 1. The Bertz CT molecular complexity index is 1090. The van der Waals surface area contributed by atoms with Crippen LogP contribution in [-0.4, -0.2) is 35.4 Å². The van der Waals surface area contributed by atoms with Crippen molar-refractivity contribution in [2.75, 3.05) is 12.4 Å². The van der Waals surface area contributed by atoms with Crippen LogP contribution in [0.2, 0.25) is 5.02 Å². The number of nitrogens with zero attached hydrogens (tertiary/aromatic N) is 1. The third kappa shape index (κ3) is 6.47. The third-order valence-corrected chi connectivity index (χ3v) is 5.12. The normalized spacial score (nSPS) is 17.0. The first kappa shape index (κ1) is 24.6. The fourth-order valence-electron chi connectivity index (χ4n) is 3.17. The largest absolute Gasteiger partial charge is 0.457 e. The lowest BCUT2D eigenvalue weighted by Crippen LogP contribution is -2.43. The first-order valence-electron chi connectivity index (χ1n) is 9.88. The highest BCUT2D eigenvalue weighted by atomic mass is 35.5. The zero-order valence-corrected chi connectivity index (χ0v) is 18.5. The fraction of sp³-hybridized carbons (Fsp3) is 0.273. The minimum atomic E-state index is -4.60. The van der Waals surface area contributed by atoms with Gasteiger partial charge in [-0.3, -0.25) is 15.1 Å². The number of benzene rings is 1. The Morgan fingerprint density at radius 2 is 2.06 bits per heavy atom. The zero-order valence-electron chi connectivity index (χ0n) is 17.7. The number of alkyl halides is 3. The molecule has 11 heteroatoms. The summed E-state index contributed by atoms with van der Waals surface area (Å²) in [5.74, 6) is 0.690. The molecule has 1 aromatic carbocycles. The Kier molecular flexibility index (Phi) is 7.62. The van der Waals surface area contributed by atoms with Gasteiger partial charge in [-0.05, 0) is 49.3 Å². The van der Waals surface area contributed by atoms with E-state index in [1.165, 1.54) is 25.4 Å². The molecule has 1 aromatic heterocycles. The van der Waals surface area contributed by atoms with Crippen LogP contribution >= 0.6 is 11.6 Å². The summed E-state index contributed by atoms with van der Waals surface area (Å²) >= 11 is 5.62. The molecule has 2 aromatic rings. The van der Waals surface area contributed by atoms with Crippen LogP contribution < -0.4 is 20.7 Å². The number of aliphatic hydroxyl groups excluding tert-OH is 1. The number of aliphatic hydroxyl groups is 1. The maximum absolute atomic E-state index is 13.0. The van der Waals surface area contributed by atoms with E-state index in [0.29, 0.717) is 17.9 Å². The van der Waals surface area contributed by atoms with Crippen molar-refractivity contribution in [1.29, 1.82) is 0 Å². The zero-order chi connectivity index (χ0) is 24.2. The van der Waals surface area contributed by atoms with E-state index in [2.05, 4.69) is 20.9 Å². The van der Waals surface area contributed by atoms with Crippen molar-refractivity contribution in [3.63, 3.8) is 0 Å². The van der Waals surface area contributed by atoms with Crippen LogP contribution in [0.5, 0.6) is 5.75 Å². The Morgan fingerprint density at radius 1 is 1.30 bits per heavy atom. The summed E-state index contributed by atoms with van der Waals surface area (Å²) in [7, 11) is 1.51. The molecular weight excluding hydrogens is 461 g/mol. The Morgan fingerprint density at radius 3 is 2.73 bits per heavy atom. The van der Waals surface area contributed by atoms with Gasteiger partial charge >= 0.3 is 6.18 Å². The van der Waals surface area contributed by atoms with Gasteiger partial charge in [0.1, 0.15) is 17.2 Å². The van der Waals surface area contributed by atoms with Crippen molar-refractivity contribution in [2.45, 2.75) is 31.9 Å². The summed E-state index contributed by atoms with van der Waals surface area (Å²) in [5, 5.41) is 17.8. The number of aromatic nitrogens is 1. The average Bonchev–Trinajstić information content (AvgIpc) is 2.76. The predicted molar refractivity (Wildman–Crippen MR) is 118 cm³/mol. The molecule has 1 heterocycles. The number of pyridine rings is 1. The van der Waals surface area contributed by atoms with E-state index in [-0.39, 0.29) is 23.3 Å². The van der Waals surface area contributed by atoms with E-state index < -0.39 is 23.1 Å². The van der Waals surface area contributed by atoms with Crippen LogP contribution in [-0.2, 0) is 6.18 Å². The lowest BCUT2D eigenvalue weighted by Gasteiger charge is -2.25. The van der Waals surface area contributed by atoms with E-state index in [4.69, 9.17) is 16.3 Å². The van der Waals surface area contributed by atoms with Crippen LogP contribution in [0.3, 0.4) is 0 Å².